The van der Waals surface area contributed by atoms with Crippen molar-refractivity contribution in [3.05, 3.63) is 44.4 Å². The van der Waals surface area contributed by atoms with Gasteiger partial charge in [-0.2, -0.15) is 0 Å². The Balaban J connectivity index is 2.03. The Labute approximate surface area is 125 Å². The van der Waals surface area contributed by atoms with Crippen molar-refractivity contribution in [2.75, 3.05) is 5.73 Å². The van der Waals surface area contributed by atoms with E-state index in [2.05, 4.69) is 4.98 Å². The highest BCUT2D eigenvalue weighted by Crippen LogP contribution is 2.41. The third kappa shape index (κ3) is 2.23. The van der Waals surface area contributed by atoms with Crippen molar-refractivity contribution in [3.8, 4) is 0 Å². The molecular formula is C13H13Cl2N3S. The Morgan fingerprint density at radius 1 is 1.32 bits per heavy atom. The Morgan fingerprint density at radius 2 is 2.11 bits per heavy atom. The average molecular weight is 314 g/mol. The first-order chi connectivity index (χ1) is 8.99. The van der Waals surface area contributed by atoms with Crippen LogP contribution in [0.15, 0.2) is 18.2 Å². The largest absolute Gasteiger partial charge is 0.375 e. The lowest BCUT2D eigenvalue weighted by Crippen LogP contribution is -2.42. The zero-order valence-electron chi connectivity index (χ0n) is 10.1. The van der Waals surface area contributed by atoms with E-state index in [4.69, 9.17) is 34.7 Å². The van der Waals surface area contributed by atoms with Crippen molar-refractivity contribution in [3.63, 3.8) is 0 Å². The molecule has 1 aliphatic rings. The van der Waals surface area contributed by atoms with E-state index in [1.54, 1.807) is 6.07 Å². The first-order valence-corrected chi connectivity index (χ1v) is 7.54. The Kier molecular flexibility index (Phi) is 3.21. The first-order valence-electron chi connectivity index (χ1n) is 5.97. The van der Waals surface area contributed by atoms with E-state index in [0.717, 1.165) is 29.0 Å². The van der Waals surface area contributed by atoms with Gasteiger partial charge in [0.05, 0.1) is 15.7 Å². The molecule has 3 nitrogen and oxygen atoms in total. The standard InChI is InChI=1S/C13H13Cl2N3S/c14-8-3-1-2-7(11(8)15)13(17)5-4-9-10(6-13)19-12(16)18-9/h1-3H,4-6,17H2,(H2,16,18). The summed E-state index contributed by atoms with van der Waals surface area (Å²) in [6, 6.07) is 5.61. The molecule has 0 amide bonds. The number of aryl methyl sites for hydroxylation is 1. The number of nitrogens with two attached hydrogens (primary N) is 2. The Hall–Kier alpha value is -0.810. The predicted octanol–water partition coefficient (Wildman–Crippen LogP) is 3.38. The highest BCUT2D eigenvalue weighted by Gasteiger charge is 2.36. The molecule has 1 aromatic carbocycles. The Bertz CT molecular complexity index is 641. The summed E-state index contributed by atoms with van der Waals surface area (Å²) in [5.74, 6) is 0. The quantitative estimate of drug-likeness (QED) is 0.848. The molecule has 1 aromatic heterocycles. The number of halogens is 2. The summed E-state index contributed by atoms with van der Waals surface area (Å²) in [5, 5.41) is 1.69. The lowest BCUT2D eigenvalue weighted by molar-refractivity contribution is 0.386. The van der Waals surface area contributed by atoms with Crippen molar-refractivity contribution in [1.29, 1.82) is 0 Å². The fourth-order valence-electron chi connectivity index (χ4n) is 2.57. The van der Waals surface area contributed by atoms with E-state index in [9.17, 15) is 0 Å². The molecule has 100 valence electrons. The predicted molar refractivity (Wildman–Crippen MR) is 80.9 cm³/mol. The van der Waals surface area contributed by atoms with Gasteiger partial charge >= 0.3 is 0 Å². The fraction of sp³-hybridized carbons (Fsp3) is 0.308. The fourth-order valence-corrected chi connectivity index (χ4v) is 4.06. The van der Waals surface area contributed by atoms with Gasteiger partial charge in [0.25, 0.3) is 0 Å². The van der Waals surface area contributed by atoms with Gasteiger partial charge in [-0.15, -0.1) is 11.3 Å². The first kappa shape index (κ1) is 13.2. The molecule has 19 heavy (non-hydrogen) atoms. The molecule has 2 aromatic rings. The molecular weight excluding hydrogens is 301 g/mol. The molecule has 4 N–H and O–H groups in total. The van der Waals surface area contributed by atoms with E-state index in [0.29, 0.717) is 21.6 Å². The molecule has 3 rings (SSSR count). The summed E-state index contributed by atoms with van der Waals surface area (Å²) < 4.78 is 0. The third-order valence-corrected chi connectivity index (χ3v) is 5.31. The van der Waals surface area contributed by atoms with E-state index in [-0.39, 0.29) is 0 Å². The van der Waals surface area contributed by atoms with Crippen LogP contribution in [0.2, 0.25) is 10.0 Å². The van der Waals surface area contributed by atoms with Crippen LogP contribution < -0.4 is 11.5 Å². The summed E-state index contributed by atoms with van der Waals surface area (Å²) in [6.07, 6.45) is 2.32. The minimum absolute atomic E-state index is 0.492. The van der Waals surface area contributed by atoms with E-state index >= 15 is 0 Å². The van der Waals surface area contributed by atoms with Gasteiger partial charge in [-0.3, -0.25) is 0 Å². The number of aromatic nitrogens is 1. The second-order valence-electron chi connectivity index (χ2n) is 4.86. The number of thiazole rings is 1. The van der Waals surface area contributed by atoms with Gasteiger partial charge in [-0.05, 0) is 24.5 Å². The zero-order chi connectivity index (χ0) is 13.6. The second-order valence-corrected chi connectivity index (χ2v) is 6.76. The minimum Gasteiger partial charge on any atom is -0.375 e. The molecule has 0 saturated heterocycles. The topological polar surface area (TPSA) is 64.9 Å². The van der Waals surface area contributed by atoms with Crippen molar-refractivity contribution in [2.24, 2.45) is 5.73 Å². The van der Waals surface area contributed by atoms with E-state index in [1.165, 1.54) is 11.3 Å². The summed E-state index contributed by atoms with van der Waals surface area (Å²) in [7, 11) is 0. The van der Waals surface area contributed by atoms with E-state index in [1.807, 2.05) is 12.1 Å². The number of fused-ring (bicyclic) bond motifs is 1. The van der Waals surface area contributed by atoms with Gasteiger partial charge in [0.2, 0.25) is 0 Å². The highest BCUT2D eigenvalue weighted by molar-refractivity contribution is 7.15. The van der Waals surface area contributed by atoms with Gasteiger partial charge < -0.3 is 11.5 Å². The molecule has 6 heteroatoms. The molecule has 0 fully saturated rings. The van der Waals surface area contributed by atoms with Crippen molar-refractivity contribution >= 4 is 39.7 Å². The van der Waals surface area contributed by atoms with Crippen LogP contribution in [0.25, 0.3) is 0 Å². The molecule has 1 aliphatic carbocycles. The monoisotopic (exact) mass is 313 g/mol. The molecule has 1 atom stereocenters. The van der Waals surface area contributed by atoms with Gasteiger partial charge in [0.1, 0.15) is 0 Å². The second kappa shape index (κ2) is 4.63. The summed E-state index contributed by atoms with van der Waals surface area (Å²) >= 11 is 13.9. The van der Waals surface area contributed by atoms with Gasteiger partial charge in [-0.25, -0.2) is 4.98 Å². The average Bonchev–Trinajstić information content (AvgIpc) is 2.71. The molecule has 0 spiro atoms. The van der Waals surface area contributed by atoms with Crippen molar-refractivity contribution in [2.45, 2.75) is 24.8 Å². The molecule has 0 saturated carbocycles. The lowest BCUT2D eigenvalue weighted by Gasteiger charge is -2.34. The minimum atomic E-state index is -0.492. The van der Waals surface area contributed by atoms with Crippen molar-refractivity contribution in [1.82, 2.24) is 4.98 Å². The number of hydrogen-bond donors (Lipinski definition) is 2. The van der Waals surface area contributed by atoms with Gasteiger partial charge in [0.15, 0.2) is 5.13 Å². The maximum atomic E-state index is 6.57. The number of benzene rings is 1. The number of rotatable bonds is 1. The molecule has 1 unspecified atom stereocenters. The van der Waals surface area contributed by atoms with Crippen LogP contribution in [-0.2, 0) is 18.4 Å². The molecule has 1 heterocycles. The third-order valence-electron chi connectivity index (χ3n) is 3.57. The number of anilines is 1. The van der Waals surface area contributed by atoms with Crippen LogP contribution in [0, 0.1) is 0 Å². The molecule has 0 radical (unpaired) electrons. The summed E-state index contributed by atoms with van der Waals surface area (Å²) in [4.78, 5) is 5.49. The van der Waals surface area contributed by atoms with Crippen LogP contribution in [0.5, 0.6) is 0 Å². The Morgan fingerprint density at radius 3 is 2.89 bits per heavy atom. The van der Waals surface area contributed by atoms with Crippen molar-refractivity contribution < 1.29 is 0 Å². The SMILES string of the molecule is Nc1nc2c(s1)CC(N)(c1cccc(Cl)c1Cl)CC2. The number of nitrogen functional groups attached to an aromatic ring is 1. The van der Waals surface area contributed by atoms with Gasteiger partial charge in [0, 0.05) is 16.8 Å². The lowest BCUT2D eigenvalue weighted by atomic mass is 9.78. The van der Waals surface area contributed by atoms with Crippen LogP contribution in [-0.4, -0.2) is 4.98 Å². The highest BCUT2D eigenvalue weighted by atomic mass is 35.5. The maximum Gasteiger partial charge on any atom is 0.180 e. The van der Waals surface area contributed by atoms with E-state index < -0.39 is 5.54 Å². The summed E-state index contributed by atoms with van der Waals surface area (Å²) in [6.45, 7) is 0. The molecule has 0 bridgehead atoms. The van der Waals surface area contributed by atoms with Crippen LogP contribution in [0.3, 0.4) is 0 Å². The normalized spacial score (nSPS) is 22.3. The number of nitrogens with zero attached hydrogens (tertiary/aromatic N) is 1. The van der Waals surface area contributed by atoms with Crippen LogP contribution >= 0.6 is 34.5 Å². The molecule has 0 aliphatic heterocycles. The summed E-state index contributed by atoms with van der Waals surface area (Å²) in [5.41, 5.74) is 13.8. The van der Waals surface area contributed by atoms with Crippen LogP contribution in [0.4, 0.5) is 5.13 Å². The van der Waals surface area contributed by atoms with Gasteiger partial charge in [-0.1, -0.05) is 35.3 Å². The number of hydrogen-bond acceptors (Lipinski definition) is 4. The van der Waals surface area contributed by atoms with Crippen LogP contribution in [0.1, 0.15) is 22.6 Å². The maximum absolute atomic E-state index is 6.57. The smallest absolute Gasteiger partial charge is 0.180 e. The zero-order valence-corrected chi connectivity index (χ0v) is 12.4.